The van der Waals surface area contributed by atoms with Crippen molar-refractivity contribution in [1.29, 1.82) is 0 Å². The minimum Gasteiger partial charge on any atom is -0.491 e. The SMILES string of the molecule is CCCCc1c(-c2cc(OC)c(=O)[nH]c2C)cc2[nH]c(C)nc2c1NS(C)(=O)=O. The van der Waals surface area contributed by atoms with Gasteiger partial charge in [0.15, 0.2) is 5.75 Å². The fraction of sp³-hybridized carbons (Fsp3) is 0.400. The van der Waals surface area contributed by atoms with Gasteiger partial charge in [-0.25, -0.2) is 13.4 Å². The average molecular weight is 419 g/mol. The second-order valence-corrected chi connectivity index (χ2v) is 8.93. The van der Waals surface area contributed by atoms with E-state index in [4.69, 9.17) is 4.74 Å². The molecule has 0 saturated carbocycles. The number of unbranched alkanes of at least 4 members (excludes halogenated alkanes) is 1. The summed E-state index contributed by atoms with van der Waals surface area (Å²) in [6, 6.07) is 3.64. The highest BCUT2D eigenvalue weighted by Crippen LogP contribution is 2.38. The Balaban J connectivity index is 2.41. The Labute approximate surface area is 169 Å². The lowest BCUT2D eigenvalue weighted by atomic mass is 9.93. The number of hydrogen-bond acceptors (Lipinski definition) is 5. The summed E-state index contributed by atoms with van der Waals surface area (Å²) >= 11 is 0. The summed E-state index contributed by atoms with van der Waals surface area (Å²) in [4.78, 5) is 22.6. The van der Waals surface area contributed by atoms with E-state index in [0.717, 1.165) is 35.8 Å². The molecule has 3 aromatic rings. The van der Waals surface area contributed by atoms with E-state index >= 15 is 0 Å². The first-order valence-corrected chi connectivity index (χ1v) is 11.3. The molecule has 9 heteroatoms. The number of hydrogen-bond donors (Lipinski definition) is 3. The van der Waals surface area contributed by atoms with E-state index in [9.17, 15) is 13.2 Å². The molecule has 0 bridgehead atoms. The molecule has 3 rings (SSSR count). The molecule has 0 aliphatic carbocycles. The summed E-state index contributed by atoms with van der Waals surface area (Å²) in [7, 11) is -2.08. The highest BCUT2D eigenvalue weighted by molar-refractivity contribution is 7.92. The molecule has 0 unspecified atom stereocenters. The third-order valence-electron chi connectivity index (χ3n) is 4.78. The average Bonchev–Trinajstić information content (AvgIpc) is 3.00. The number of aryl methyl sites for hydroxylation is 2. The number of rotatable bonds is 7. The molecular formula is C20H26N4O4S. The van der Waals surface area contributed by atoms with E-state index in [2.05, 4.69) is 26.6 Å². The molecular weight excluding hydrogens is 392 g/mol. The van der Waals surface area contributed by atoms with Crippen LogP contribution < -0.4 is 15.0 Å². The summed E-state index contributed by atoms with van der Waals surface area (Å²) in [6.07, 6.45) is 3.61. The van der Waals surface area contributed by atoms with Gasteiger partial charge in [0.2, 0.25) is 10.0 Å². The Kier molecular flexibility index (Phi) is 5.70. The first-order chi connectivity index (χ1) is 13.6. The van der Waals surface area contributed by atoms with Crippen molar-refractivity contribution in [1.82, 2.24) is 15.0 Å². The van der Waals surface area contributed by atoms with Crippen LogP contribution in [0.4, 0.5) is 5.69 Å². The molecule has 0 spiro atoms. The summed E-state index contributed by atoms with van der Waals surface area (Å²) in [5, 5.41) is 0. The molecule has 0 fully saturated rings. The molecule has 3 N–H and O–H groups in total. The van der Waals surface area contributed by atoms with Crippen molar-refractivity contribution in [2.75, 3.05) is 18.1 Å². The van der Waals surface area contributed by atoms with E-state index in [0.29, 0.717) is 34.7 Å². The highest BCUT2D eigenvalue weighted by Gasteiger charge is 2.21. The van der Waals surface area contributed by atoms with Gasteiger partial charge >= 0.3 is 0 Å². The zero-order valence-electron chi connectivity index (χ0n) is 17.3. The fourth-order valence-corrected chi connectivity index (χ4v) is 4.09. The second-order valence-electron chi connectivity index (χ2n) is 7.18. The van der Waals surface area contributed by atoms with Crippen molar-refractivity contribution in [3.8, 4) is 16.9 Å². The zero-order chi connectivity index (χ0) is 21.3. The Hall–Kier alpha value is -2.81. The van der Waals surface area contributed by atoms with Crippen LogP contribution in [0.2, 0.25) is 0 Å². The van der Waals surface area contributed by atoms with Crippen LogP contribution in [0.15, 0.2) is 16.9 Å². The molecule has 0 aliphatic heterocycles. The number of methoxy groups -OCH3 is 1. The third kappa shape index (κ3) is 4.29. The lowest BCUT2D eigenvalue weighted by molar-refractivity contribution is 0.408. The number of H-pyrrole nitrogens is 2. The molecule has 0 amide bonds. The predicted octanol–water partition coefficient (Wildman–Crippen LogP) is 3.26. The lowest BCUT2D eigenvalue weighted by Gasteiger charge is -2.18. The van der Waals surface area contributed by atoms with Crippen molar-refractivity contribution in [3.05, 3.63) is 39.6 Å². The highest BCUT2D eigenvalue weighted by atomic mass is 32.2. The minimum atomic E-state index is -3.52. The summed E-state index contributed by atoms with van der Waals surface area (Å²) in [5.74, 6) is 0.886. The summed E-state index contributed by atoms with van der Waals surface area (Å²) in [6.45, 7) is 5.71. The molecule has 2 aromatic heterocycles. The Morgan fingerprint density at radius 1 is 1.17 bits per heavy atom. The van der Waals surface area contributed by atoms with Crippen molar-refractivity contribution < 1.29 is 13.2 Å². The van der Waals surface area contributed by atoms with Crippen LogP contribution in [0, 0.1) is 13.8 Å². The number of nitrogens with zero attached hydrogens (tertiary/aromatic N) is 1. The fourth-order valence-electron chi connectivity index (χ4n) is 3.50. The molecule has 0 aliphatic rings. The molecule has 156 valence electrons. The van der Waals surface area contributed by atoms with Gasteiger partial charge in [0.05, 0.1) is 24.6 Å². The minimum absolute atomic E-state index is 0.200. The van der Waals surface area contributed by atoms with Gasteiger partial charge < -0.3 is 14.7 Å². The maximum absolute atomic E-state index is 12.1. The van der Waals surface area contributed by atoms with E-state index < -0.39 is 10.0 Å². The van der Waals surface area contributed by atoms with Crippen LogP contribution in [0.3, 0.4) is 0 Å². The normalized spacial score (nSPS) is 11.8. The third-order valence-corrected chi connectivity index (χ3v) is 5.36. The van der Waals surface area contributed by atoms with E-state index in [-0.39, 0.29) is 11.3 Å². The molecule has 1 aromatic carbocycles. The largest absolute Gasteiger partial charge is 0.491 e. The van der Waals surface area contributed by atoms with Gasteiger partial charge in [-0.1, -0.05) is 13.3 Å². The lowest BCUT2D eigenvalue weighted by Crippen LogP contribution is -2.14. The number of sulfonamides is 1. The van der Waals surface area contributed by atoms with Crippen molar-refractivity contribution in [3.63, 3.8) is 0 Å². The first kappa shape index (κ1) is 20.9. The van der Waals surface area contributed by atoms with Gasteiger partial charge in [0, 0.05) is 11.3 Å². The number of aromatic nitrogens is 3. The van der Waals surface area contributed by atoms with Crippen molar-refractivity contribution >= 4 is 26.7 Å². The van der Waals surface area contributed by atoms with Gasteiger partial charge in [-0.2, -0.15) is 0 Å². The number of anilines is 1. The van der Waals surface area contributed by atoms with E-state index in [1.54, 1.807) is 6.07 Å². The maximum Gasteiger partial charge on any atom is 0.290 e. The molecule has 29 heavy (non-hydrogen) atoms. The Morgan fingerprint density at radius 3 is 2.52 bits per heavy atom. The van der Waals surface area contributed by atoms with Crippen molar-refractivity contribution in [2.24, 2.45) is 0 Å². The monoisotopic (exact) mass is 418 g/mol. The Morgan fingerprint density at radius 2 is 1.90 bits per heavy atom. The number of imidazole rings is 1. The molecule has 0 atom stereocenters. The van der Waals surface area contributed by atoms with Crippen LogP contribution >= 0.6 is 0 Å². The number of nitrogens with one attached hydrogen (secondary N) is 3. The predicted molar refractivity (Wildman–Crippen MR) is 115 cm³/mol. The van der Waals surface area contributed by atoms with Gasteiger partial charge in [-0.05, 0) is 49.9 Å². The molecule has 0 saturated heterocycles. The first-order valence-electron chi connectivity index (χ1n) is 9.42. The van der Waals surface area contributed by atoms with Crippen LogP contribution in [-0.4, -0.2) is 36.7 Å². The maximum atomic E-state index is 12.1. The number of benzene rings is 1. The topological polar surface area (TPSA) is 117 Å². The number of aromatic amines is 2. The van der Waals surface area contributed by atoms with Gasteiger partial charge in [0.25, 0.3) is 5.56 Å². The quantitative estimate of drug-likeness (QED) is 0.544. The van der Waals surface area contributed by atoms with Crippen LogP contribution in [0.1, 0.15) is 36.8 Å². The zero-order valence-corrected chi connectivity index (χ0v) is 18.1. The number of pyridine rings is 1. The van der Waals surface area contributed by atoms with E-state index in [1.165, 1.54) is 7.11 Å². The molecule has 2 heterocycles. The number of fused-ring (bicyclic) bond motifs is 1. The summed E-state index contributed by atoms with van der Waals surface area (Å²) < 4.78 is 32.1. The van der Waals surface area contributed by atoms with E-state index in [1.807, 2.05) is 19.9 Å². The Bertz CT molecular complexity index is 1230. The standard InChI is InChI=1S/C20H26N4O4S/c1-6-7-8-13-15(14-10-17(28-4)20(25)21-11(14)2)9-16-19(23-12(3)22-16)18(13)24-29(5,26)27/h9-10,24H,6-8H2,1-5H3,(H,21,25)(H,22,23). The van der Waals surface area contributed by atoms with Gasteiger partial charge in [0.1, 0.15) is 11.3 Å². The molecule has 0 radical (unpaired) electrons. The van der Waals surface area contributed by atoms with Gasteiger partial charge in [-0.3, -0.25) is 9.52 Å². The van der Waals surface area contributed by atoms with Crippen LogP contribution in [0.25, 0.3) is 22.2 Å². The van der Waals surface area contributed by atoms with Gasteiger partial charge in [-0.15, -0.1) is 0 Å². The van der Waals surface area contributed by atoms with Crippen LogP contribution in [0.5, 0.6) is 5.75 Å². The molecule has 8 nitrogen and oxygen atoms in total. The van der Waals surface area contributed by atoms with Crippen LogP contribution in [-0.2, 0) is 16.4 Å². The van der Waals surface area contributed by atoms with Crippen molar-refractivity contribution in [2.45, 2.75) is 40.0 Å². The second kappa shape index (κ2) is 7.90. The number of ether oxygens (including phenoxy) is 1. The summed E-state index contributed by atoms with van der Waals surface area (Å²) in [5.41, 5.74) is 4.58. The smallest absolute Gasteiger partial charge is 0.290 e.